The van der Waals surface area contributed by atoms with Crippen LogP contribution in [-0.4, -0.2) is 68.6 Å². The molecule has 0 fully saturated rings. The van der Waals surface area contributed by atoms with Gasteiger partial charge in [-0.2, -0.15) is 0 Å². The van der Waals surface area contributed by atoms with Gasteiger partial charge in [0, 0.05) is 0 Å². The Morgan fingerprint density at radius 2 is 1.75 bits per heavy atom. The van der Waals surface area contributed by atoms with Crippen molar-refractivity contribution in [3.63, 3.8) is 0 Å². The van der Waals surface area contributed by atoms with Crippen molar-refractivity contribution in [3.05, 3.63) is 0 Å². The molecule has 0 unspecified atom stereocenters. The van der Waals surface area contributed by atoms with E-state index in [9.17, 15) is 15.0 Å². The molecule has 5 N–H and O–H groups in total. The van der Waals surface area contributed by atoms with Crippen molar-refractivity contribution in [2.45, 2.75) is 44.4 Å². The first-order valence-corrected chi connectivity index (χ1v) is 4.84. The predicted molar refractivity (Wildman–Crippen MR) is 52.8 cm³/mol. The average molecular weight is 238 g/mol. The van der Waals surface area contributed by atoms with E-state index in [-0.39, 0.29) is 0 Å². The van der Waals surface area contributed by atoms with Crippen LogP contribution in [0.1, 0.15) is 13.8 Å². The number of carboxylic acid groups (broad SMARTS) is 1. The summed E-state index contributed by atoms with van der Waals surface area (Å²) in [6, 6.07) is 0. The van der Waals surface area contributed by atoms with Gasteiger partial charge < -0.3 is 30.3 Å². The van der Waals surface area contributed by atoms with Gasteiger partial charge in [0.1, 0.15) is 18.3 Å². The Labute approximate surface area is 92.9 Å². The normalized spacial score (nSPS) is 20.9. The Morgan fingerprint density at radius 1 is 1.25 bits per heavy atom. The maximum Gasteiger partial charge on any atom is 0.332 e. The van der Waals surface area contributed by atoms with Gasteiger partial charge in [0.2, 0.25) is 0 Å². The summed E-state index contributed by atoms with van der Waals surface area (Å²) in [5.74, 6) is -1.27. The van der Waals surface area contributed by atoms with E-state index in [1.54, 1.807) is 0 Å². The first-order chi connectivity index (χ1) is 7.31. The maximum absolute atomic E-state index is 10.5. The number of hydrogen-bond donors (Lipinski definition) is 5. The average Bonchev–Trinajstić information content (AvgIpc) is 2.23. The smallest absolute Gasteiger partial charge is 0.332 e. The number of hydrogen-bond acceptors (Lipinski definition) is 6. The Kier molecular flexibility index (Phi) is 6.46. The van der Waals surface area contributed by atoms with Crippen molar-refractivity contribution >= 4 is 5.97 Å². The highest BCUT2D eigenvalue weighted by Crippen LogP contribution is 2.12. The molecule has 5 atom stereocenters. The van der Waals surface area contributed by atoms with E-state index in [4.69, 9.17) is 20.1 Å². The summed E-state index contributed by atoms with van der Waals surface area (Å²) in [7, 11) is 0. The molecule has 0 spiro atoms. The third-order valence-electron chi connectivity index (χ3n) is 2.11. The molecule has 0 bridgehead atoms. The van der Waals surface area contributed by atoms with Crippen molar-refractivity contribution in [2.24, 2.45) is 0 Å². The topological polar surface area (TPSA) is 127 Å². The Balaban J connectivity index is 4.61. The SMILES string of the molecule is C[C@@H](O[C@@H]([C@H](O)[C@@H](C)O)[C@H](O)CO)C(=O)O. The molecule has 0 aromatic heterocycles. The van der Waals surface area contributed by atoms with Gasteiger partial charge in [0.25, 0.3) is 0 Å². The van der Waals surface area contributed by atoms with Crippen molar-refractivity contribution in [1.82, 2.24) is 0 Å². The molecule has 0 aliphatic heterocycles. The molecule has 0 radical (unpaired) electrons. The molecule has 0 saturated heterocycles. The number of aliphatic hydroxyl groups is 4. The summed E-state index contributed by atoms with van der Waals surface area (Å²) >= 11 is 0. The molecule has 0 heterocycles. The number of carboxylic acids is 1. The first-order valence-electron chi connectivity index (χ1n) is 4.84. The van der Waals surface area contributed by atoms with Crippen LogP contribution in [0.3, 0.4) is 0 Å². The standard InChI is InChI=1S/C9H18O7/c1-4(11)7(13)8(6(12)3-10)16-5(2)9(14)15/h4-8,10-13H,3H2,1-2H3,(H,14,15)/t4-,5-,6-,7-,8-/m1/s1. The highest BCUT2D eigenvalue weighted by molar-refractivity contribution is 5.71. The summed E-state index contributed by atoms with van der Waals surface area (Å²) < 4.78 is 4.87. The molecule has 0 rings (SSSR count). The first kappa shape index (κ1) is 15.3. The lowest BCUT2D eigenvalue weighted by Gasteiger charge is -2.29. The fourth-order valence-electron chi connectivity index (χ4n) is 1.07. The lowest BCUT2D eigenvalue weighted by molar-refractivity contribution is -0.178. The number of aliphatic carboxylic acids is 1. The van der Waals surface area contributed by atoms with E-state index in [1.165, 1.54) is 13.8 Å². The zero-order chi connectivity index (χ0) is 12.9. The van der Waals surface area contributed by atoms with Crippen molar-refractivity contribution < 1.29 is 35.1 Å². The third kappa shape index (κ3) is 4.42. The van der Waals surface area contributed by atoms with Gasteiger partial charge in [-0.1, -0.05) is 0 Å². The van der Waals surface area contributed by atoms with Crippen LogP contribution in [-0.2, 0) is 9.53 Å². The molecule has 0 aliphatic carbocycles. The third-order valence-corrected chi connectivity index (χ3v) is 2.11. The van der Waals surface area contributed by atoms with Crippen LogP contribution < -0.4 is 0 Å². The predicted octanol–water partition coefficient (Wildman–Crippen LogP) is -2.06. The summed E-state index contributed by atoms with van der Waals surface area (Å²) in [5, 5.41) is 45.2. The molecular formula is C9H18O7. The molecule has 96 valence electrons. The fraction of sp³-hybridized carbons (Fsp3) is 0.889. The molecule has 16 heavy (non-hydrogen) atoms. The Hall–Kier alpha value is -0.730. The summed E-state index contributed by atoms with van der Waals surface area (Å²) in [4.78, 5) is 10.5. The second kappa shape index (κ2) is 6.77. The minimum absolute atomic E-state index is 0.708. The quantitative estimate of drug-likeness (QED) is 0.345. The molecule has 7 heteroatoms. The van der Waals surface area contributed by atoms with E-state index in [1.807, 2.05) is 0 Å². The van der Waals surface area contributed by atoms with Crippen molar-refractivity contribution in [3.8, 4) is 0 Å². The summed E-state index contributed by atoms with van der Waals surface area (Å²) in [6.45, 7) is 1.77. The molecule has 0 aromatic rings. The number of rotatable bonds is 7. The van der Waals surface area contributed by atoms with Crippen LogP contribution in [0.4, 0.5) is 0 Å². The molecule has 0 aliphatic rings. The largest absolute Gasteiger partial charge is 0.479 e. The van der Waals surface area contributed by atoms with Crippen LogP contribution in [0, 0.1) is 0 Å². The molecule has 0 saturated carbocycles. The number of ether oxygens (including phenoxy) is 1. The molecule has 0 aromatic carbocycles. The van der Waals surface area contributed by atoms with Gasteiger partial charge in [-0.15, -0.1) is 0 Å². The lowest BCUT2D eigenvalue weighted by Crippen LogP contribution is -2.49. The molecule has 7 nitrogen and oxygen atoms in total. The van der Waals surface area contributed by atoms with Gasteiger partial charge in [0.15, 0.2) is 6.10 Å². The van der Waals surface area contributed by atoms with Crippen LogP contribution in [0.5, 0.6) is 0 Å². The lowest BCUT2D eigenvalue weighted by atomic mass is 10.0. The van der Waals surface area contributed by atoms with Crippen LogP contribution in [0.15, 0.2) is 0 Å². The van der Waals surface area contributed by atoms with Crippen molar-refractivity contribution in [1.29, 1.82) is 0 Å². The Bertz CT molecular complexity index is 218. The Morgan fingerprint density at radius 3 is 2.06 bits per heavy atom. The van der Waals surface area contributed by atoms with Gasteiger partial charge in [-0.25, -0.2) is 4.79 Å². The van der Waals surface area contributed by atoms with E-state index in [2.05, 4.69) is 0 Å². The highest BCUT2D eigenvalue weighted by Gasteiger charge is 2.33. The van der Waals surface area contributed by atoms with E-state index in [0.717, 1.165) is 0 Å². The zero-order valence-corrected chi connectivity index (χ0v) is 9.15. The number of aliphatic hydroxyl groups excluding tert-OH is 4. The monoisotopic (exact) mass is 238 g/mol. The fourth-order valence-corrected chi connectivity index (χ4v) is 1.07. The molecular weight excluding hydrogens is 220 g/mol. The van der Waals surface area contributed by atoms with Crippen LogP contribution >= 0.6 is 0 Å². The van der Waals surface area contributed by atoms with Crippen molar-refractivity contribution in [2.75, 3.05) is 6.61 Å². The van der Waals surface area contributed by atoms with E-state index >= 15 is 0 Å². The van der Waals surface area contributed by atoms with Crippen LogP contribution in [0.2, 0.25) is 0 Å². The zero-order valence-electron chi connectivity index (χ0n) is 9.15. The van der Waals surface area contributed by atoms with Gasteiger partial charge in [0.05, 0.1) is 12.7 Å². The summed E-state index contributed by atoms with van der Waals surface area (Å²) in [5.41, 5.74) is 0. The maximum atomic E-state index is 10.5. The minimum atomic E-state index is -1.48. The van der Waals surface area contributed by atoms with Crippen LogP contribution in [0.25, 0.3) is 0 Å². The second-order valence-electron chi connectivity index (χ2n) is 3.56. The highest BCUT2D eigenvalue weighted by atomic mass is 16.5. The minimum Gasteiger partial charge on any atom is -0.479 e. The second-order valence-corrected chi connectivity index (χ2v) is 3.56. The molecule has 0 amide bonds. The number of carbonyl (C=O) groups is 1. The van der Waals surface area contributed by atoms with E-state index in [0.29, 0.717) is 0 Å². The van der Waals surface area contributed by atoms with Gasteiger partial charge >= 0.3 is 5.97 Å². The van der Waals surface area contributed by atoms with Gasteiger partial charge in [-0.3, -0.25) is 0 Å². The summed E-state index contributed by atoms with van der Waals surface area (Å²) in [6.07, 6.45) is -6.79. The van der Waals surface area contributed by atoms with Gasteiger partial charge in [-0.05, 0) is 13.8 Å². The van der Waals surface area contributed by atoms with E-state index < -0.39 is 43.1 Å².